The van der Waals surface area contributed by atoms with Gasteiger partial charge in [-0.3, -0.25) is 0 Å². The fourth-order valence-electron chi connectivity index (χ4n) is 1.21. The van der Waals surface area contributed by atoms with Crippen molar-refractivity contribution in [2.45, 2.75) is 19.9 Å². The molecule has 0 spiro atoms. The highest BCUT2D eigenvalue weighted by Crippen LogP contribution is 2.13. The third-order valence-corrected chi connectivity index (χ3v) is 2.55. The third-order valence-electron chi connectivity index (χ3n) is 2.38. The molecule has 2 aromatic rings. The highest BCUT2D eigenvalue weighted by atomic mass is 35.5. The summed E-state index contributed by atoms with van der Waals surface area (Å²) < 4.78 is 1.55. The van der Waals surface area contributed by atoms with E-state index in [9.17, 15) is 0 Å². The Labute approximate surface area is 104 Å². The monoisotopic (exact) mass is 252 g/mol. The van der Waals surface area contributed by atoms with Gasteiger partial charge in [-0.2, -0.15) is 20.1 Å². The first-order chi connectivity index (χ1) is 8.08. The third kappa shape index (κ3) is 2.52. The van der Waals surface area contributed by atoms with Gasteiger partial charge in [0.2, 0.25) is 11.2 Å². The van der Waals surface area contributed by atoms with Crippen molar-refractivity contribution in [3.63, 3.8) is 0 Å². The number of hydrogen-bond acceptors (Lipinski definition) is 5. The Bertz CT molecular complexity index is 496. The van der Waals surface area contributed by atoms with Crippen LogP contribution in [-0.4, -0.2) is 37.8 Å². The predicted octanol–water partition coefficient (Wildman–Crippen LogP) is 1.56. The van der Waals surface area contributed by atoms with Crippen LogP contribution in [0.25, 0.3) is 5.95 Å². The minimum atomic E-state index is 0.160. The van der Waals surface area contributed by atoms with Crippen LogP contribution in [0.1, 0.15) is 13.8 Å². The Balaban J connectivity index is 2.43. The normalized spacial score (nSPS) is 10.9. The Kier molecular flexibility index (Phi) is 3.23. The first kappa shape index (κ1) is 11.8. The fourth-order valence-corrected chi connectivity index (χ4v) is 1.36. The van der Waals surface area contributed by atoms with Gasteiger partial charge < -0.3 is 4.90 Å². The summed E-state index contributed by atoms with van der Waals surface area (Å²) in [5.74, 6) is 0.947. The number of nitrogens with zero attached hydrogens (tertiary/aromatic N) is 6. The van der Waals surface area contributed by atoms with Crippen molar-refractivity contribution >= 4 is 17.5 Å². The maximum absolute atomic E-state index is 5.89. The van der Waals surface area contributed by atoms with Gasteiger partial charge >= 0.3 is 0 Å². The molecule has 2 rings (SSSR count). The van der Waals surface area contributed by atoms with Gasteiger partial charge in [-0.15, -0.1) is 0 Å². The molecule has 2 heterocycles. The molecule has 2 aromatic heterocycles. The van der Waals surface area contributed by atoms with E-state index in [0.717, 1.165) is 0 Å². The Morgan fingerprint density at radius 2 is 2.06 bits per heavy atom. The Morgan fingerprint density at radius 3 is 2.65 bits per heavy atom. The van der Waals surface area contributed by atoms with Crippen LogP contribution >= 0.6 is 11.6 Å². The van der Waals surface area contributed by atoms with E-state index in [2.05, 4.69) is 20.1 Å². The van der Waals surface area contributed by atoms with Crippen LogP contribution in [0.4, 0.5) is 5.95 Å². The Morgan fingerprint density at radius 1 is 1.29 bits per heavy atom. The molecule has 0 aliphatic carbocycles. The number of aromatic nitrogens is 5. The second-order valence-corrected chi connectivity index (χ2v) is 4.20. The largest absolute Gasteiger partial charge is 0.341 e. The molecule has 0 bridgehead atoms. The molecular weight excluding hydrogens is 240 g/mol. The molecule has 0 radical (unpaired) electrons. The van der Waals surface area contributed by atoms with Gasteiger partial charge in [0.1, 0.15) is 0 Å². The maximum Gasteiger partial charge on any atom is 0.256 e. The molecule has 0 aliphatic heterocycles. The highest BCUT2D eigenvalue weighted by molar-refractivity contribution is 6.28. The lowest BCUT2D eigenvalue weighted by Gasteiger charge is -2.21. The van der Waals surface area contributed by atoms with Crippen LogP contribution in [0.5, 0.6) is 0 Å². The van der Waals surface area contributed by atoms with Gasteiger partial charge in [0.15, 0.2) is 0 Å². The van der Waals surface area contributed by atoms with Crippen molar-refractivity contribution in [2.24, 2.45) is 0 Å². The summed E-state index contributed by atoms with van der Waals surface area (Å²) in [6, 6.07) is 2.07. The summed E-state index contributed by atoms with van der Waals surface area (Å²) in [6.07, 6.45) is 3.41. The minimum absolute atomic E-state index is 0.160. The van der Waals surface area contributed by atoms with Crippen LogP contribution < -0.4 is 4.90 Å². The summed E-state index contributed by atoms with van der Waals surface area (Å²) in [6.45, 7) is 4.09. The van der Waals surface area contributed by atoms with Crippen molar-refractivity contribution in [2.75, 3.05) is 11.9 Å². The summed E-state index contributed by atoms with van der Waals surface area (Å²) in [7, 11) is 1.91. The molecular formula is C10H13ClN6. The molecule has 0 aliphatic rings. The van der Waals surface area contributed by atoms with E-state index in [0.29, 0.717) is 11.9 Å². The lowest BCUT2D eigenvalue weighted by molar-refractivity contribution is 0.711. The zero-order chi connectivity index (χ0) is 12.4. The van der Waals surface area contributed by atoms with Crippen LogP contribution in [0.2, 0.25) is 5.28 Å². The average Bonchev–Trinajstić information content (AvgIpc) is 2.80. The van der Waals surface area contributed by atoms with Crippen molar-refractivity contribution < 1.29 is 0 Å². The van der Waals surface area contributed by atoms with Crippen molar-refractivity contribution in [1.29, 1.82) is 0 Å². The lowest BCUT2D eigenvalue weighted by atomic mass is 10.4. The van der Waals surface area contributed by atoms with Crippen molar-refractivity contribution in [3.8, 4) is 5.95 Å². The molecule has 7 heteroatoms. The summed E-state index contributed by atoms with van der Waals surface area (Å²) in [4.78, 5) is 14.4. The minimum Gasteiger partial charge on any atom is -0.341 e. The standard InChI is InChI=1S/C10H13ClN6/c1-7(2)16(3)9-13-8(11)14-10(15-9)17-6-4-5-12-17/h4-7H,1-3H3. The van der Waals surface area contributed by atoms with Crippen LogP contribution in [0, 0.1) is 0 Å². The molecule has 0 saturated carbocycles. The molecule has 17 heavy (non-hydrogen) atoms. The van der Waals surface area contributed by atoms with Gasteiger partial charge in [0.25, 0.3) is 5.95 Å². The number of hydrogen-bond donors (Lipinski definition) is 0. The molecule has 0 N–H and O–H groups in total. The SMILES string of the molecule is CC(C)N(C)c1nc(Cl)nc(-n2cccn2)n1. The molecule has 0 fully saturated rings. The fraction of sp³-hybridized carbons (Fsp3) is 0.400. The van der Waals surface area contributed by atoms with E-state index >= 15 is 0 Å². The second kappa shape index (κ2) is 4.67. The second-order valence-electron chi connectivity index (χ2n) is 3.86. The summed E-state index contributed by atoms with van der Waals surface area (Å²) in [5, 5.41) is 4.22. The van der Waals surface area contributed by atoms with E-state index < -0.39 is 0 Å². The van der Waals surface area contributed by atoms with E-state index in [4.69, 9.17) is 11.6 Å². The summed E-state index contributed by atoms with van der Waals surface area (Å²) >= 11 is 5.89. The zero-order valence-electron chi connectivity index (χ0n) is 9.87. The number of halogens is 1. The van der Waals surface area contributed by atoms with Gasteiger partial charge in [-0.1, -0.05) is 0 Å². The quantitative estimate of drug-likeness (QED) is 0.830. The first-order valence-electron chi connectivity index (χ1n) is 5.22. The van der Waals surface area contributed by atoms with Crippen molar-refractivity contribution in [3.05, 3.63) is 23.7 Å². The van der Waals surface area contributed by atoms with Crippen molar-refractivity contribution in [1.82, 2.24) is 24.7 Å². The smallest absolute Gasteiger partial charge is 0.256 e. The number of rotatable bonds is 3. The van der Waals surface area contributed by atoms with Crippen LogP contribution in [-0.2, 0) is 0 Å². The molecule has 0 aromatic carbocycles. The molecule has 90 valence electrons. The zero-order valence-corrected chi connectivity index (χ0v) is 10.6. The lowest BCUT2D eigenvalue weighted by Crippen LogP contribution is -2.28. The van der Waals surface area contributed by atoms with E-state index in [1.165, 1.54) is 0 Å². The van der Waals surface area contributed by atoms with E-state index in [-0.39, 0.29) is 11.3 Å². The predicted molar refractivity (Wildman–Crippen MR) is 65.5 cm³/mol. The maximum atomic E-state index is 5.89. The number of anilines is 1. The average molecular weight is 253 g/mol. The van der Waals surface area contributed by atoms with Gasteiger partial charge in [0, 0.05) is 25.5 Å². The van der Waals surface area contributed by atoms with Crippen LogP contribution in [0.3, 0.4) is 0 Å². The first-order valence-corrected chi connectivity index (χ1v) is 5.60. The highest BCUT2D eigenvalue weighted by Gasteiger charge is 2.12. The van der Waals surface area contributed by atoms with Gasteiger partial charge in [0.05, 0.1) is 0 Å². The van der Waals surface area contributed by atoms with Gasteiger partial charge in [-0.05, 0) is 31.5 Å². The van der Waals surface area contributed by atoms with Gasteiger partial charge in [-0.25, -0.2) is 4.68 Å². The molecule has 0 unspecified atom stereocenters. The molecule has 0 atom stereocenters. The topological polar surface area (TPSA) is 59.7 Å². The summed E-state index contributed by atoms with van der Waals surface area (Å²) in [5.41, 5.74) is 0. The molecule has 6 nitrogen and oxygen atoms in total. The van der Waals surface area contributed by atoms with E-state index in [1.807, 2.05) is 25.8 Å². The molecule has 0 saturated heterocycles. The van der Waals surface area contributed by atoms with E-state index in [1.54, 1.807) is 23.1 Å². The van der Waals surface area contributed by atoms with Crippen LogP contribution in [0.15, 0.2) is 18.5 Å². The Hall–Kier alpha value is -1.69. The molecule has 0 amide bonds.